The molecule has 0 heterocycles. The highest BCUT2D eigenvalue weighted by Gasteiger charge is 2.23. The first-order valence-corrected chi connectivity index (χ1v) is 8.37. The van der Waals surface area contributed by atoms with Gasteiger partial charge in [-0.15, -0.1) is 12.4 Å². The summed E-state index contributed by atoms with van der Waals surface area (Å²) < 4.78 is 6.28. The van der Waals surface area contributed by atoms with Gasteiger partial charge in [0, 0.05) is 11.9 Å². The molecular weight excluding hydrogens is 334 g/mol. The minimum atomic E-state index is -0.633. The van der Waals surface area contributed by atoms with E-state index in [4.69, 9.17) is 4.74 Å². The highest BCUT2D eigenvalue weighted by atomic mass is 35.5. The molecule has 4 heteroatoms. The molecule has 0 fully saturated rings. The molecule has 3 rings (SSSR count). The maximum atomic E-state index is 10.6. The number of rotatable bonds is 7. The number of aliphatic hydroxyl groups excluding tert-OH is 1. The van der Waals surface area contributed by atoms with Crippen LogP contribution in [0.25, 0.3) is 10.8 Å². The fourth-order valence-electron chi connectivity index (χ4n) is 2.85. The van der Waals surface area contributed by atoms with Crippen LogP contribution in [0.5, 0.6) is 5.75 Å². The Bertz CT molecular complexity index is 774. The van der Waals surface area contributed by atoms with Gasteiger partial charge in [0.2, 0.25) is 0 Å². The van der Waals surface area contributed by atoms with Crippen molar-refractivity contribution < 1.29 is 9.84 Å². The van der Waals surface area contributed by atoms with Gasteiger partial charge in [-0.25, -0.2) is 0 Å². The molecule has 0 radical (unpaired) electrons. The molecule has 0 aliphatic rings. The van der Waals surface area contributed by atoms with Crippen LogP contribution < -0.4 is 10.1 Å². The highest BCUT2D eigenvalue weighted by molar-refractivity contribution is 5.88. The molecule has 3 aromatic rings. The topological polar surface area (TPSA) is 41.5 Å². The maximum absolute atomic E-state index is 10.6. The average molecular weight is 358 g/mol. The molecule has 2 N–H and O–H groups in total. The van der Waals surface area contributed by atoms with E-state index in [0.29, 0.717) is 6.54 Å². The summed E-state index contributed by atoms with van der Waals surface area (Å²) in [6.45, 7) is 3.32. The zero-order valence-electron chi connectivity index (χ0n) is 14.3. The van der Waals surface area contributed by atoms with Crippen LogP contribution in [0.3, 0.4) is 0 Å². The maximum Gasteiger partial charge on any atom is 0.151 e. The number of ether oxygens (including phenoxy) is 1. The standard InChI is InChI=1S/C21H23NO2.ClH/c1-2-22-15-19(23)21(17-10-4-3-5-11-17)24-20-14-8-12-16-9-6-7-13-18(16)20;/h3-14,19,21-23H,2,15H2,1H3;1H/t19-,21+;/m1./s1. The van der Waals surface area contributed by atoms with Gasteiger partial charge in [-0.3, -0.25) is 0 Å². The lowest BCUT2D eigenvalue weighted by Crippen LogP contribution is -2.34. The molecule has 3 nitrogen and oxygen atoms in total. The van der Waals surface area contributed by atoms with Crippen LogP contribution in [0.2, 0.25) is 0 Å². The van der Waals surface area contributed by atoms with E-state index >= 15 is 0 Å². The van der Waals surface area contributed by atoms with Crippen LogP contribution in [0, 0.1) is 0 Å². The summed E-state index contributed by atoms with van der Waals surface area (Å²) in [5.41, 5.74) is 0.968. The Morgan fingerprint density at radius 2 is 1.60 bits per heavy atom. The predicted molar refractivity (Wildman–Crippen MR) is 106 cm³/mol. The monoisotopic (exact) mass is 357 g/mol. The molecule has 0 unspecified atom stereocenters. The first-order chi connectivity index (χ1) is 11.8. The fraction of sp³-hybridized carbons (Fsp3) is 0.238. The zero-order chi connectivity index (χ0) is 16.8. The van der Waals surface area contributed by atoms with Crippen molar-refractivity contribution in [1.82, 2.24) is 5.32 Å². The Kier molecular flexibility index (Phi) is 7.26. The van der Waals surface area contributed by atoms with Gasteiger partial charge >= 0.3 is 0 Å². The summed E-state index contributed by atoms with van der Waals surface area (Å²) in [4.78, 5) is 0. The van der Waals surface area contributed by atoms with Gasteiger partial charge in [-0.2, -0.15) is 0 Å². The van der Waals surface area contributed by atoms with Gasteiger partial charge in [0.15, 0.2) is 6.10 Å². The van der Waals surface area contributed by atoms with Gasteiger partial charge in [-0.1, -0.05) is 73.7 Å². The number of likely N-dealkylation sites (N-methyl/N-ethyl adjacent to an activating group) is 1. The Balaban J connectivity index is 0.00000225. The highest BCUT2D eigenvalue weighted by Crippen LogP contribution is 2.31. The quantitative estimate of drug-likeness (QED) is 0.660. The first kappa shape index (κ1) is 19.3. The lowest BCUT2D eigenvalue weighted by Gasteiger charge is -2.25. The van der Waals surface area contributed by atoms with E-state index in [0.717, 1.165) is 28.6 Å². The van der Waals surface area contributed by atoms with Gasteiger partial charge in [0.25, 0.3) is 0 Å². The van der Waals surface area contributed by atoms with E-state index in [2.05, 4.69) is 17.4 Å². The largest absolute Gasteiger partial charge is 0.482 e. The van der Waals surface area contributed by atoms with Crippen molar-refractivity contribution in [3.05, 3.63) is 78.4 Å². The minimum Gasteiger partial charge on any atom is -0.482 e. The smallest absolute Gasteiger partial charge is 0.151 e. The second-order valence-electron chi connectivity index (χ2n) is 5.80. The molecule has 0 amide bonds. The summed E-state index contributed by atoms with van der Waals surface area (Å²) in [6.07, 6.45) is -1.05. The summed E-state index contributed by atoms with van der Waals surface area (Å²) in [6, 6.07) is 24.0. The summed E-state index contributed by atoms with van der Waals surface area (Å²) in [5, 5.41) is 16.0. The van der Waals surface area contributed by atoms with E-state index in [1.807, 2.05) is 67.6 Å². The normalized spacial score (nSPS) is 13.0. The molecular formula is C21H24ClNO2. The second-order valence-corrected chi connectivity index (χ2v) is 5.80. The van der Waals surface area contributed by atoms with Crippen molar-refractivity contribution >= 4 is 23.2 Å². The van der Waals surface area contributed by atoms with Crippen LogP contribution in [0.1, 0.15) is 18.6 Å². The first-order valence-electron chi connectivity index (χ1n) is 8.37. The number of aliphatic hydroxyl groups is 1. The number of benzene rings is 3. The number of nitrogens with one attached hydrogen (secondary N) is 1. The number of halogens is 1. The summed E-state index contributed by atoms with van der Waals surface area (Å²) in [5.74, 6) is 0.789. The van der Waals surface area contributed by atoms with Gasteiger partial charge in [0.05, 0.1) is 0 Å². The predicted octanol–water partition coefficient (Wildman–Crippen LogP) is 4.35. The van der Waals surface area contributed by atoms with Crippen LogP contribution in [-0.2, 0) is 0 Å². The van der Waals surface area contributed by atoms with Crippen LogP contribution >= 0.6 is 12.4 Å². The van der Waals surface area contributed by atoms with Crippen molar-refractivity contribution in [2.24, 2.45) is 0 Å². The van der Waals surface area contributed by atoms with Gasteiger partial charge in [0.1, 0.15) is 11.9 Å². The zero-order valence-corrected chi connectivity index (χ0v) is 15.1. The lowest BCUT2D eigenvalue weighted by molar-refractivity contribution is 0.0370. The lowest BCUT2D eigenvalue weighted by atomic mass is 10.0. The summed E-state index contributed by atoms with van der Waals surface area (Å²) in [7, 11) is 0. The van der Waals surface area contributed by atoms with Gasteiger partial charge < -0.3 is 15.2 Å². The van der Waals surface area contributed by atoms with Crippen molar-refractivity contribution in [2.75, 3.05) is 13.1 Å². The molecule has 0 aliphatic carbocycles. The second kappa shape index (κ2) is 9.42. The molecule has 0 saturated carbocycles. The third kappa shape index (κ3) is 4.73. The Labute approximate surface area is 155 Å². The molecule has 0 aromatic heterocycles. The molecule has 0 spiro atoms. The fourth-order valence-corrected chi connectivity index (χ4v) is 2.85. The minimum absolute atomic E-state index is 0. The Morgan fingerprint density at radius 3 is 2.36 bits per heavy atom. The Hall–Kier alpha value is -2.07. The van der Waals surface area contributed by atoms with E-state index in [9.17, 15) is 5.11 Å². The van der Waals surface area contributed by atoms with Gasteiger partial charge in [-0.05, 0) is 23.6 Å². The van der Waals surface area contributed by atoms with Crippen LogP contribution in [0.15, 0.2) is 72.8 Å². The Morgan fingerprint density at radius 1 is 0.920 bits per heavy atom. The van der Waals surface area contributed by atoms with E-state index in [1.165, 1.54) is 0 Å². The molecule has 0 saturated heterocycles. The molecule has 0 aliphatic heterocycles. The van der Waals surface area contributed by atoms with Crippen molar-refractivity contribution in [2.45, 2.75) is 19.1 Å². The molecule has 3 aromatic carbocycles. The molecule has 132 valence electrons. The molecule has 25 heavy (non-hydrogen) atoms. The van der Waals surface area contributed by atoms with Crippen LogP contribution in [-0.4, -0.2) is 24.3 Å². The van der Waals surface area contributed by atoms with Crippen LogP contribution in [0.4, 0.5) is 0 Å². The SMILES string of the molecule is CCNC[C@@H](O)[C@@H](Oc1cccc2ccccc12)c1ccccc1.Cl. The molecule has 2 atom stereocenters. The third-order valence-corrected chi connectivity index (χ3v) is 4.08. The van der Waals surface area contributed by atoms with E-state index in [-0.39, 0.29) is 12.4 Å². The number of hydrogen-bond acceptors (Lipinski definition) is 3. The third-order valence-electron chi connectivity index (χ3n) is 4.08. The number of fused-ring (bicyclic) bond motifs is 1. The van der Waals surface area contributed by atoms with E-state index < -0.39 is 12.2 Å². The van der Waals surface area contributed by atoms with Crippen molar-refractivity contribution in [1.29, 1.82) is 0 Å². The summed E-state index contributed by atoms with van der Waals surface area (Å²) >= 11 is 0. The van der Waals surface area contributed by atoms with Crippen molar-refractivity contribution in [3.8, 4) is 5.75 Å². The molecule has 0 bridgehead atoms. The number of hydrogen-bond donors (Lipinski definition) is 2. The average Bonchev–Trinajstić information content (AvgIpc) is 2.65. The van der Waals surface area contributed by atoms with Crippen molar-refractivity contribution in [3.63, 3.8) is 0 Å². The van der Waals surface area contributed by atoms with E-state index in [1.54, 1.807) is 0 Å².